The van der Waals surface area contributed by atoms with Gasteiger partial charge in [-0.3, -0.25) is 10.3 Å². The summed E-state index contributed by atoms with van der Waals surface area (Å²) in [5, 5.41) is 9.81. The van der Waals surface area contributed by atoms with E-state index in [0.717, 1.165) is 5.39 Å². The maximum Gasteiger partial charge on any atom is 0.324 e. The number of fused-ring (bicyclic) bond motifs is 1. The van der Waals surface area contributed by atoms with Gasteiger partial charge in [-0.2, -0.15) is 0 Å². The van der Waals surface area contributed by atoms with Crippen LogP contribution in [0.5, 0.6) is 23.0 Å². The number of hydrogen-bond acceptors (Lipinski definition) is 7. The van der Waals surface area contributed by atoms with Gasteiger partial charge in [0.25, 0.3) is 0 Å². The standard InChI is InChI=1S/C22H20N4O5/c1-13-10-21(26-31-13)25-22(27)24-14-4-6-15(7-5-14)30-18-8-9-23-17-12-20(29-3)19(28-2)11-16(17)18/h4-12H,1-3H3,(H2,24,25,26,27). The zero-order valence-corrected chi connectivity index (χ0v) is 17.1. The number of benzene rings is 2. The summed E-state index contributed by atoms with van der Waals surface area (Å²) in [7, 11) is 3.15. The van der Waals surface area contributed by atoms with Crippen molar-refractivity contribution in [1.82, 2.24) is 10.1 Å². The van der Waals surface area contributed by atoms with Gasteiger partial charge in [-0.15, -0.1) is 0 Å². The number of pyridine rings is 1. The number of carbonyl (C=O) groups is 1. The fraction of sp³-hybridized carbons (Fsp3) is 0.136. The fourth-order valence-corrected chi connectivity index (χ4v) is 2.97. The normalized spacial score (nSPS) is 10.5. The Morgan fingerprint density at radius 3 is 2.35 bits per heavy atom. The first-order chi connectivity index (χ1) is 15.1. The number of urea groups is 1. The van der Waals surface area contributed by atoms with Gasteiger partial charge in [0.2, 0.25) is 0 Å². The van der Waals surface area contributed by atoms with Gasteiger partial charge in [0.05, 0.1) is 19.7 Å². The smallest absolute Gasteiger partial charge is 0.324 e. The first-order valence-electron chi connectivity index (χ1n) is 9.35. The van der Waals surface area contributed by atoms with E-state index in [1.165, 1.54) is 0 Å². The summed E-state index contributed by atoms with van der Waals surface area (Å²) < 4.78 is 21.7. The molecule has 2 heterocycles. The molecule has 0 aliphatic heterocycles. The zero-order valence-electron chi connectivity index (χ0n) is 17.1. The number of anilines is 2. The van der Waals surface area contributed by atoms with Crippen LogP contribution in [-0.4, -0.2) is 30.4 Å². The molecule has 0 aliphatic rings. The molecule has 2 N–H and O–H groups in total. The molecule has 2 aromatic carbocycles. The Balaban J connectivity index is 1.48. The summed E-state index contributed by atoms with van der Waals surface area (Å²) in [5.74, 6) is 3.34. The molecule has 2 aromatic heterocycles. The van der Waals surface area contributed by atoms with Gasteiger partial charge in [0, 0.05) is 29.4 Å². The molecule has 0 unspecified atom stereocenters. The van der Waals surface area contributed by atoms with Crippen LogP contribution in [0.15, 0.2) is 59.3 Å². The molecule has 0 aliphatic carbocycles. The third-order valence-corrected chi connectivity index (χ3v) is 4.42. The van der Waals surface area contributed by atoms with E-state index in [0.29, 0.717) is 45.8 Å². The van der Waals surface area contributed by atoms with Gasteiger partial charge in [0.1, 0.15) is 17.3 Å². The molecule has 0 bridgehead atoms. The van der Waals surface area contributed by atoms with E-state index in [1.807, 2.05) is 6.07 Å². The van der Waals surface area contributed by atoms with Gasteiger partial charge in [-0.1, -0.05) is 5.16 Å². The number of nitrogens with one attached hydrogen (secondary N) is 2. The van der Waals surface area contributed by atoms with Crippen molar-refractivity contribution in [2.45, 2.75) is 6.92 Å². The first kappa shape index (κ1) is 20.0. The maximum atomic E-state index is 12.1. The summed E-state index contributed by atoms with van der Waals surface area (Å²) in [6, 6.07) is 13.6. The minimum atomic E-state index is -0.428. The Hall–Kier alpha value is -4.27. The van der Waals surface area contributed by atoms with Crippen LogP contribution in [0.1, 0.15) is 5.76 Å². The van der Waals surface area contributed by atoms with Crippen LogP contribution in [0.25, 0.3) is 10.9 Å². The number of amides is 2. The summed E-state index contributed by atoms with van der Waals surface area (Å²) in [6.07, 6.45) is 1.66. The highest BCUT2D eigenvalue weighted by Crippen LogP contribution is 2.36. The quantitative estimate of drug-likeness (QED) is 0.453. The minimum absolute atomic E-state index is 0.339. The predicted octanol–water partition coefficient (Wildman–Crippen LogP) is 4.98. The molecular weight excluding hydrogens is 400 g/mol. The largest absolute Gasteiger partial charge is 0.493 e. The molecule has 0 saturated heterocycles. The number of aromatic nitrogens is 2. The van der Waals surface area contributed by atoms with Crippen LogP contribution in [0, 0.1) is 6.92 Å². The third kappa shape index (κ3) is 4.50. The topological polar surface area (TPSA) is 108 Å². The van der Waals surface area contributed by atoms with Gasteiger partial charge < -0.3 is 24.1 Å². The highest BCUT2D eigenvalue weighted by atomic mass is 16.5. The van der Waals surface area contributed by atoms with Gasteiger partial charge >= 0.3 is 6.03 Å². The average molecular weight is 420 g/mol. The lowest BCUT2D eigenvalue weighted by Crippen LogP contribution is -2.19. The zero-order chi connectivity index (χ0) is 21.8. The van der Waals surface area contributed by atoms with Crippen molar-refractivity contribution in [3.63, 3.8) is 0 Å². The molecule has 31 heavy (non-hydrogen) atoms. The summed E-state index contributed by atoms with van der Waals surface area (Å²) in [6.45, 7) is 1.74. The predicted molar refractivity (Wildman–Crippen MR) is 115 cm³/mol. The number of hydrogen-bond donors (Lipinski definition) is 2. The van der Waals surface area contributed by atoms with E-state index in [9.17, 15) is 4.79 Å². The highest BCUT2D eigenvalue weighted by molar-refractivity contribution is 5.99. The molecule has 2 amide bonds. The summed E-state index contributed by atoms with van der Waals surface area (Å²) >= 11 is 0. The van der Waals surface area contributed by atoms with Crippen LogP contribution >= 0.6 is 0 Å². The second-order valence-electron chi connectivity index (χ2n) is 6.56. The second-order valence-corrected chi connectivity index (χ2v) is 6.56. The van der Waals surface area contributed by atoms with Crippen molar-refractivity contribution in [2.75, 3.05) is 24.9 Å². The Bertz CT molecular complexity index is 1220. The molecule has 4 rings (SSSR count). The maximum absolute atomic E-state index is 12.1. The minimum Gasteiger partial charge on any atom is -0.493 e. The lowest BCUT2D eigenvalue weighted by Gasteiger charge is -2.12. The second kappa shape index (κ2) is 8.62. The van der Waals surface area contributed by atoms with Crippen molar-refractivity contribution in [3.8, 4) is 23.0 Å². The summed E-state index contributed by atoms with van der Waals surface area (Å²) in [5.41, 5.74) is 1.31. The van der Waals surface area contributed by atoms with E-state index >= 15 is 0 Å². The van der Waals surface area contributed by atoms with E-state index in [2.05, 4.69) is 20.8 Å². The Labute approximate surface area is 177 Å². The van der Waals surface area contributed by atoms with Gasteiger partial charge in [-0.05, 0) is 43.3 Å². The average Bonchev–Trinajstić information content (AvgIpc) is 3.18. The van der Waals surface area contributed by atoms with E-state index < -0.39 is 6.03 Å². The van der Waals surface area contributed by atoms with Crippen LogP contribution < -0.4 is 24.8 Å². The van der Waals surface area contributed by atoms with Crippen LogP contribution in [-0.2, 0) is 0 Å². The molecular formula is C22H20N4O5. The highest BCUT2D eigenvalue weighted by Gasteiger charge is 2.12. The van der Waals surface area contributed by atoms with Gasteiger partial charge in [-0.25, -0.2) is 4.79 Å². The monoisotopic (exact) mass is 420 g/mol. The molecule has 0 atom stereocenters. The lowest BCUT2D eigenvalue weighted by atomic mass is 10.2. The lowest BCUT2D eigenvalue weighted by molar-refractivity contribution is 0.262. The number of aryl methyl sites for hydroxylation is 1. The Morgan fingerprint density at radius 2 is 1.68 bits per heavy atom. The number of rotatable bonds is 6. The molecule has 9 nitrogen and oxygen atoms in total. The number of nitrogens with zero attached hydrogens (tertiary/aromatic N) is 2. The molecule has 0 radical (unpaired) electrons. The SMILES string of the molecule is COc1cc2nccc(Oc3ccc(NC(=O)Nc4cc(C)on4)cc3)c2cc1OC. The van der Waals surface area contributed by atoms with Crippen molar-refractivity contribution >= 4 is 28.4 Å². The number of ether oxygens (including phenoxy) is 3. The van der Waals surface area contributed by atoms with Gasteiger partial charge in [0.15, 0.2) is 17.3 Å². The van der Waals surface area contributed by atoms with Crippen LogP contribution in [0.4, 0.5) is 16.3 Å². The number of methoxy groups -OCH3 is 2. The molecule has 0 fully saturated rings. The van der Waals surface area contributed by atoms with Crippen molar-refractivity contribution in [3.05, 3.63) is 60.5 Å². The molecule has 158 valence electrons. The van der Waals surface area contributed by atoms with Crippen molar-refractivity contribution in [1.29, 1.82) is 0 Å². The molecule has 0 spiro atoms. The fourth-order valence-electron chi connectivity index (χ4n) is 2.97. The first-order valence-corrected chi connectivity index (χ1v) is 9.35. The van der Waals surface area contributed by atoms with Crippen LogP contribution in [0.3, 0.4) is 0 Å². The van der Waals surface area contributed by atoms with Crippen LogP contribution in [0.2, 0.25) is 0 Å². The Morgan fingerprint density at radius 1 is 0.935 bits per heavy atom. The third-order valence-electron chi connectivity index (χ3n) is 4.42. The summed E-state index contributed by atoms with van der Waals surface area (Å²) in [4.78, 5) is 16.4. The van der Waals surface area contributed by atoms with Crippen molar-refractivity contribution in [2.24, 2.45) is 0 Å². The van der Waals surface area contributed by atoms with E-state index in [4.69, 9.17) is 18.7 Å². The Kier molecular flexibility index (Phi) is 5.57. The van der Waals surface area contributed by atoms with E-state index in [-0.39, 0.29) is 0 Å². The molecule has 0 saturated carbocycles. The van der Waals surface area contributed by atoms with Crippen molar-refractivity contribution < 1.29 is 23.5 Å². The molecule has 9 heteroatoms. The molecule has 4 aromatic rings. The number of carbonyl (C=O) groups excluding carboxylic acids is 1. The van der Waals surface area contributed by atoms with E-state index in [1.54, 1.807) is 69.8 Å².